The first-order valence-corrected chi connectivity index (χ1v) is 11.0. The second-order valence-electron chi connectivity index (χ2n) is 9.67. The van der Waals surface area contributed by atoms with Gasteiger partial charge in [0.05, 0.1) is 5.56 Å². The first-order chi connectivity index (χ1) is 14.2. The molecular formula is C24H32O6. The zero-order chi connectivity index (χ0) is 21.7. The highest BCUT2D eigenvalue weighted by molar-refractivity contribution is 5.89. The number of ether oxygens (including phenoxy) is 3. The fourth-order valence-electron chi connectivity index (χ4n) is 6.20. The van der Waals surface area contributed by atoms with Crippen LogP contribution < -0.4 is 0 Å². The fraction of sp³-hybridized carbons (Fsp3) is 0.667. The van der Waals surface area contributed by atoms with Crippen LogP contribution in [0.15, 0.2) is 30.3 Å². The summed E-state index contributed by atoms with van der Waals surface area (Å²) in [5, 5.41) is 9.23. The van der Waals surface area contributed by atoms with Crippen LogP contribution >= 0.6 is 0 Å². The van der Waals surface area contributed by atoms with Gasteiger partial charge in [-0.05, 0) is 49.7 Å². The molecule has 0 radical (unpaired) electrons. The third kappa shape index (κ3) is 3.16. The van der Waals surface area contributed by atoms with E-state index in [0.717, 1.165) is 12.8 Å². The monoisotopic (exact) mass is 416 g/mol. The number of esters is 2. The fourth-order valence-corrected chi connectivity index (χ4v) is 6.20. The Labute approximate surface area is 177 Å². The molecular weight excluding hydrogens is 384 g/mol. The van der Waals surface area contributed by atoms with Crippen LogP contribution in [-0.2, 0) is 19.0 Å². The van der Waals surface area contributed by atoms with E-state index in [1.807, 2.05) is 25.1 Å². The predicted octanol–water partition coefficient (Wildman–Crippen LogP) is 3.37. The number of carbonyl (C=O) groups excluding carboxylic acids is 2. The molecule has 0 aromatic heterocycles. The minimum Gasteiger partial charge on any atom is -0.457 e. The van der Waals surface area contributed by atoms with Gasteiger partial charge in [0.2, 0.25) is 0 Å². The van der Waals surface area contributed by atoms with E-state index in [1.165, 1.54) is 0 Å². The largest absolute Gasteiger partial charge is 0.457 e. The number of aliphatic hydroxyl groups is 1. The summed E-state index contributed by atoms with van der Waals surface area (Å²) in [6.45, 7) is 7.72. The van der Waals surface area contributed by atoms with Gasteiger partial charge in [0.25, 0.3) is 0 Å². The normalized spacial score (nSPS) is 39.6. The van der Waals surface area contributed by atoms with Crippen molar-refractivity contribution in [3.8, 4) is 0 Å². The van der Waals surface area contributed by atoms with Gasteiger partial charge in [-0.2, -0.15) is 0 Å². The summed E-state index contributed by atoms with van der Waals surface area (Å²) in [6, 6.07) is 9.03. The lowest BCUT2D eigenvalue weighted by atomic mass is 9.69. The zero-order valence-electron chi connectivity index (χ0n) is 18.2. The molecule has 6 heteroatoms. The average Bonchev–Trinajstić information content (AvgIpc) is 3.24. The lowest BCUT2D eigenvalue weighted by Crippen LogP contribution is -2.62. The van der Waals surface area contributed by atoms with Crippen molar-refractivity contribution in [3.63, 3.8) is 0 Å². The Morgan fingerprint density at radius 3 is 2.53 bits per heavy atom. The molecule has 2 bridgehead atoms. The second-order valence-corrected chi connectivity index (χ2v) is 9.67. The molecule has 1 aromatic carbocycles. The highest BCUT2D eigenvalue weighted by atomic mass is 16.6. The van der Waals surface area contributed by atoms with Gasteiger partial charge in [0.15, 0.2) is 0 Å². The maximum atomic E-state index is 13.0. The number of hydrogen-bond donors (Lipinski definition) is 1. The molecule has 2 heterocycles. The molecule has 4 rings (SSSR count). The molecule has 3 fully saturated rings. The molecule has 3 aliphatic rings. The molecule has 6 nitrogen and oxygen atoms in total. The Hall–Kier alpha value is -1.92. The van der Waals surface area contributed by atoms with E-state index in [4.69, 9.17) is 14.2 Å². The van der Waals surface area contributed by atoms with Crippen LogP contribution in [0.25, 0.3) is 0 Å². The third-order valence-electron chi connectivity index (χ3n) is 7.80. The minimum atomic E-state index is -0.737. The molecule has 164 valence electrons. The highest BCUT2D eigenvalue weighted by Crippen LogP contribution is 2.63. The third-order valence-corrected chi connectivity index (χ3v) is 7.80. The van der Waals surface area contributed by atoms with Crippen molar-refractivity contribution >= 4 is 11.9 Å². The molecule has 1 aliphatic carbocycles. The molecule has 30 heavy (non-hydrogen) atoms. The zero-order valence-corrected chi connectivity index (χ0v) is 18.2. The first-order valence-electron chi connectivity index (χ1n) is 11.0. The van der Waals surface area contributed by atoms with Gasteiger partial charge in [0, 0.05) is 12.3 Å². The van der Waals surface area contributed by atoms with Crippen molar-refractivity contribution in [2.24, 2.45) is 23.7 Å². The summed E-state index contributed by atoms with van der Waals surface area (Å²) in [5.74, 6) is -0.309. The van der Waals surface area contributed by atoms with Crippen LogP contribution in [0.4, 0.5) is 0 Å². The molecule has 1 aromatic rings. The van der Waals surface area contributed by atoms with E-state index in [-0.39, 0.29) is 23.7 Å². The molecule has 7 atom stereocenters. The summed E-state index contributed by atoms with van der Waals surface area (Å²) < 4.78 is 18.7. The average molecular weight is 417 g/mol. The van der Waals surface area contributed by atoms with E-state index in [2.05, 4.69) is 20.8 Å². The van der Waals surface area contributed by atoms with E-state index < -0.39 is 36.0 Å². The van der Waals surface area contributed by atoms with Crippen LogP contribution in [-0.4, -0.2) is 47.1 Å². The predicted molar refractivity (Wildman–Crippen MR) is 110 cm³/mol. The Kier molecular flexibility index (Phi) is 5.43. The molecule has 2 aliphatic heterocycles. The Morgan fingerprint density at radius 1 is 1.20 bits per heavy atom. The molecule has 0 amide bonds. The van der Waals surface area contributed by atoms with Crippen LogP contribution in [0, 0.1) is 23.7 Å². The Bertz CT molecular complexity index is 807. The molecule has 0 spiro atoms. The van der Waals surface area contributed by atoms with Crippen LogP contribution in [0.2, 0.25) is 0 Å². The van der Waals surface area contributed by atoms with E-state index in [0.29, 0.717) is 17.9 Å². The minimum absolute atomic E-state index is 0.0528. The molecule has 2 saturated heterocycles. The van der Waals surface area contributed by atoms with Gasteiger partial charge in [0.1, 0.15) is 30.0 Å². The molecule has 1 saturated carbocycles. The van der Waals surface area contributed by atoms with Crippen molar-refractivity contribution in [2.75, 3.05) is 6.61 Å². The number of aliphatic hydroxyl groups excluding tert-OH is 1. The summed E-state index contributed by atoms with van der Waals surface area (Å²) in [5.41, 5.74) is -0.868. The smallest absolute Gasteiger partial charge is 0.338 e. The standard InChI is InChI=1S/C24H32O6/c1-14(2)24-12-18(28-19(26)13-25)23(4,30-24)17-11-10-15(3)20(17)21(24)29-22(27)16-8-6-5-7-9-16/h5-9,14-15,17-18,20-21,25H,10-13H2,1-4H3/t15?,17?,18?,20-,21+,23?,24?/m1/s1. The first kappa shape index (κ1) is 21.3. The van der Waals surface area contributed by atoms with E-state index in [9.17, 15) is 14.7 Å². The number of fused-ring (bicyclic) bond motifs is 4. The maximum absolute atomic E-state index is 13.0. The van der Waals surface area contributed by atoms with Crippen molar-refractivity contribution in [1.82, 2.24) is 0 Å². The van der Waals surface area contributed by atoms with Gasteiger partial charge in [-0.25, -0.2) is 9.59 Å². The summed E-state index contributed by atoms with van der Waals surface area (Å²) >= 11 is 0. The molecule has 5 unspecified atom stereocenters. The van der Waals surface area contributed by atoms with Gasteiger partial charge in [-0.3, -0.25) is 0 Å². The number of hydrogen-bond acceptors (Lipinski definition) is 6. The number of carbonyl (C=O) groups is 2. The highest BCUT2D eigenvalue weighted by Gasteiger charge is 2.72. The van der Waals surface area contributed by atoms with Crippen molar-refractivity contribution in [3.05, 3.63) is 35.9 Å². The lowest BCUT2D eigenvalue weighted by molar-refractivity contribution is -0.259. The van der Waals surface area contributed by atoms with Crippen LogP contribution in [0.1, 0.15) is 57.3 Å². The van der Waals surface area contributed by atoms with E-state index in [1.54, 1.807) is 12.1 Å². The summed E-state index contributed by atoms with van der Waals surface area (Å²) in [6.07, 6.45) is 1.52. The van der Waals surface area contributed by atoms with Gasteiger partial charge < -0.3 is 19.3 Å². The van der Waals surface area contributed by atoms with Gasteiger partial charge in [-0.1, -0.05) is 39.0 Å². The van der Waals surface area contributed by atoms with E-state index >= 15 is 0 Å². The topological polar surface area (TPSA) is 82.1 Å². The van der Waals surface area contributed by atoms with Crippen LogP contribution in [0.5, 0.6) is 0 Å². The summed E-state index contributed by atoms with van der Waals surface area (Å²) in [7, 11) is 0. The van der Waals surface area contributed by atoms with Crippen LogP contribution in [0.3, 0.4) is 0 Å². The van der Waals surface area contributed by atoms with Crippen molar-refractivity contribution < 1.29 is 28.9 Å². The number of rotatable bonds is 5. The van der Waals surface area contributed by atoms with Gasteiger partial charge >= 0.3 is 11.9 Å². The number of benzene rings is 1. The SMILES string of the molecule is CC1CCC2[C@@H]1[C@H](OC(=O)c1ccccc1)C1(C(C)C)CC(OC(=O)CO)C2(C)O1. The Balaban J connectivity index is 1.73. The Morgan fingerprint density at radius 2 is 1.90 bits per heavy atom. The van der Waals surface area contributed by atoms with Crippen molar-refractivity contribution in [1.29, 1.82) is 0 Å². The summed E-state index contributed by atoms with van der Waals surface area (Å²) in [4.78, 5) is 25.0. The second kappa shape index (κ2) is 7.65. The van der Waals surface area contributed by atoms with Gasteiger partial charge in [-0.15, -0.1) is 0 Å². The lowest BCUT2D eigenvalue weighted by Gasteiger charge is -2.53. The quantitative estimate of drug-likeness (QED) is 0.741. The molecule has 1 N–H and O–H groups in total. The van der Waals surface area contributed by atoms with Crippen molar-refractivity contribution in [2.45, 2.75) is 70.4 Å². The maximum Gasteiger partial charge on any atom is 0.338 e.